The standard InChI is InChI=1S/C18H28N4OS/c1-13-12-24-18-16(13)17(19-14(2)20-18)22-9-6-15(7-10-22)23-11-5-8-21(3)4/h12,15H,5-11H2,1-4H3. The number of ether oxygens (including phenoxy) is 1. The van der Waals surface area contributed by atoms with Gasteiger partial charge in [-0.25, -0.2) is 9.97 Å². The van der Waals surface area contributed by atoms with Crippen LogP contribution in [0.1, 0.15) is 30.7 Å². The number of nitrogens with zero attached hydrogens (tertiary/aromatic N) is 4. The highest BCUT2D eigenvalue weighted by Gasteiger charge is 2.23. The minimum absolute atomic E-state index is 0.394. The molecule has 24 heavy (non-hydrogen) atoms. The molecule has 0 bridgehead atoms. The fourth-order valence-electron chi connectivity index (χ4n) is 3.26. The van der Waals surface area contributed by atoms with Crippen LogP contribution in [-0.2, 0) is 4.74 Å². The Morgan fingerprint density at radius 2 is 2.00 bits per heavy atom. The predicted octanol–water partition coefficient (Wildman–Crippen LogP) is 3.25. The first-order valence-corrected chi connectivity index (χ1v) is 9.66. The third-order valence-electron chi connectivity index (χ3n) is 4.55. The SMILES string of the molecule is Cc1nc(N2CCC(OCCCN(C)C)CC2)c2c(C)csc2n1. The number of anilines is 1. The summed E-state index contributed by atoms with van der Waals surface area (Å²) in [7, 11) is 4.21. The van der Waals surface area contributed by atoms with E-state index >= 15 is 0 Å². The monoisotopic (exact) mass is 348 g/mol. The van der Waals surface area contributed by atoms with E-state index in [1.54, 1.807) is 11.3 Å². The van der Waals surface area contributed by atoms with Gasteiger partial charge in [0, 0.05) is 19.7 Å². The van der Waals surface area contributed by atoms with Gasteiger partial charge in [-0.2, -0.15) is 0 Å². The van der Waals surface area contributed by atoms with Crippen molar-refractivity contribution >= 4 is 27.4 Å². The zero-order valence-electron chi connectivity index (χ0n) is 15.2. The first kappa shape index (κ1) is 17.6. The molecule has 0 aromatic carbocycles. The van der Waals surface area contributed by atoms with Gasteiger partial charge >= 0.3 is 0 Å². The van der Waals surface area contributed by atoms with Crippen molar-refractivity contribution in [3.05, 3.63) is 16.8 Å². The summed E-state index contributed by atoms with van der Waals surface area (Å²) < 4.78 is 6.05. The summed E-state index contributed by atoms with van der Waals surface area (Å²) in [4.78, 5) is 15.1. The maximum atomic E-state index is 6.05. The van der Waals surface area contributed by atoms with Crippen LogP contribution in [0.2, 0.25) is 0 Å². The first-order chi connectivity index (χ1) is 11.5. The summed E-state index contributed by atoms with van der Waals surface area (Å²) in [5.41, 5.74) is 1.28. The Balaban J connectivity index is 1.60. The fourth-order valence-corrected chi connectivity index (χ4v) is 4.22. The van der Waals surface area contributed by atoms with Crippen molar-refractivity contribution in [1.29, 1.82) is 0 Å². The molecule has 0 atom stereocenters. The van der Waals surface area contributed by atoms with Crippen LogP contribution < -0.4 is 4.90 Å². The number of aromatic nitrogens is 2. The van der Waals surface area contributed by atoms with E-state index in [1.807, 2.05) is 6.92 Å². The van der Waals surface area contributed by atoms with Crippen LogP contribution in [0.4, 0.5) is 5.82 Å². The zero-order valence-corrected chi connectivity index (χ0v) is 16.0. The van der Waals surface area contributed by atoms with Crippen LogP contribution in [-0.4, -0.2) is 61.3 Å². The van der Waals surface area contributed by atoms with Gasteiger partial charge in [0.25, 0.3) is 0 Å². The Morgan fingerprint density at radius 1 is 1.25 bits per heavy atom. The maximum absolute atomic E-state index is 6.05. The third-order valence-corrected chi connectivity index (χ3v) is 5.55. The molecule has 2 aromatic heterocycles. The van der Waals surface area contributed by atoms with E-state index in [0.717, 1.165) is 62.0 Å². The molecule has 0 amide bonds. The molecule has 0 radical (unpaired) electrons. The summed E-state index contributed by atoms with van der Waals surface area (Å²) in [6, 6.07) is 0. The molecule has 3 heterocycles. The van der Waals surface area contributed by atoms with Gasteiger partial charge in [-0.3, -0.25) is 0 Å². The highest BCUT2D eigenvalue weighted by molar-refractivity contribution is 7.17. The minimum Gasteiger partial charge on any atom is -0.378 e. The van der Waals surface area contributed by atoms with Crippen LogP contribution in [0.5, 0.6) is 0 Å². The van der Waals surface area contributed by atoms with Gasteiger partial charge in [-0.15, -0.1) is 11.3 Å². The highest BCUT2D eigenvalue weighted by atomic mass is 32.1. The molecule has 132 valence electrons. The molecule has 1 aliphatic heterocycles. The van der Waals surface area contributed by atoms with Gasteiger partial charge in [-0.1, -0.05) is 0 Å². The number of aryl methyl sites for hydroxylation is 2. The summed E-state index contributed by atoms with van der Waals surface area (Å²) in [6.07, 6.45) is 3.66. The molecule has 1 saturated heterocycles. The normalized spacial score (nSPS) is 16.5. The molecule has 0 N–H and O–H groups in total. The Kier molecular flexibility index (Phi) is 5.69. The highest BCUT2D eigenvalue weighted by Crippen LogP contribution is 2.33. The number of fused-ring (bicyclic) bond motifs is 1. The molecule has 0 spiro atoms. The van der Waals surface area contributed by atoms with Crippen LogP contribution in [0.15, 0.2) is 5.38 Å². The van der Waals surface area contributed by atoms with Gasteiger partial charge < -0.3 is 14.5 Å². The smallest absolute Gasteiger partial charge is 0.141 e. The Bertz CT molecular complexity index is 677. The second kappa shape index (κ2) is 7.76. The van der Waals surface area contributed by atoms with Crippen molar-refractivity contribution in [1.82, 2.24) is 14.9 Å². The minimum atomic E-state index is 0.394. The van der Waals surface area contributed by atoms with E-state index in [2.05, 4.69) is 41.2 Å². The van der Waals surface area contributed by atoms with E-state index in [4.69, 9.17) is 9.72 Å². The fraction of sp³-hybridized carbons (Fsp3) is 0.667. The van der Waals surface area contributed by atoms with E-state index in [0.29, 0.717) is 6.10 Å². The van der Waals surface area contributed by atoms with Gasteiger partial charge in [0.15, 0.2) is 0 Å². The predicted molar refractivity (Wildman–Crippen MR) is 101 cm³/mol. The number of hydrogen-bond acceptors (Lipinski definition) is 6. The topological polar surface area (TPSA) is 41.5 Å². The summed E-state index contributed by atoms with van der Waals surface area (Å²) in [5, 5.41) is 3.42. The number of hydrogen-bond donors (Lipinski definition) is 0. The number of piperidine rings is 1. The molecule has 1 aliphatic rings. The van der Waals surface area contributed by atoms with Gasteiger partial charge in [0.1, 0.15) is 16.5 Å². The quantitative estimate of drug-likeness (QED) is 0.750. The lowest BCUT2D eigenvalue weighted by atomic mass is 10.1. The molecule has 3 rings (SSSR count). The lowest BCUT2D eigenvalue weighted by molar-refractivity contribution is 0.0332. The average Bonchev–Trinajstić information content (AvgIpc) is 2.92. The van der Waals surface area contributed by atoms with Crippen molar-refractivity contribution in [2.75, 3.05) is 45.2 Å². The van der Waals surface area contributed by atoms with E-state index < -0.39 is 0 Å². The first-order valence-electron chi connectivity index (χ1n) is 8.78. The van der Waals surface area contributed by atoms with Crippen LogP contribution >= 0.6 is 11.3 Å². The maximum Gasteiger partial charge on any atom is 0.141 e. The van der Waals surface area contributed by atoms with Crippen molar-refractivity contribution in [3.63, 3.8) is 0 Å². The summed E-state index contributed by atoms with van der Waals surface area (Å²) in [6.45, 7) is 8.12. The molecule has 2 aromatic rings. The molecular weight excluding hydrogens is 320 g/mol. The molecule has 5 nitrogen and oxygen atoms in total. The van der Waals surface area contributed by atoms with Crippen LogP contribution in [0.3, 0.4) is 0 Å². The average molecular weight is 349 g/mol. The van der Waals surface area contributed by atoms with Gasteiger partial charge in [0.2, 0.25) is 0 Å². The summed E-state index contributed by atoms with van der Waals surface area (Å²) in [5.74, 6) is 1.98. The molecule has 1 fully saturated rings. The molecule has 0 aliphatic carbocycles. The van der Waals surface area contributed by atoms with Crippen molar-refractivity contribution in [2.24, 2.45) is 0 Å². The van der Waals surface area contributed by atoms with Crippen LogP contribution in [0.25, 0.3) is 10.2 Å². The largest absolute Gasteiger partial charge is 0.378 e. The molecule has 0 unspecified atom stereocenters. The molecule has 0 saturated carbocycles. The molecular formula is C18H28N4OS. The Labute approximate surface area is 148 Å². The van der Waals surface area contributed by atoms with Crippen molar-refractivity contribution in [2.45, 2.75) is 39.2 Å². The third kappa shape index (κ3) is 4.05. The zero-order chi connectivity index (χ0) is 17.1. The van der Waals surface area contributed by atoms with E-state index in [-0.39, 0.29) is 0 Å². The second-order valence-corrected chi connectivity index (χ2v) is 7.77. The molecule has 6 heteroatoms. The van der Waals surface area contributed by atoms with Crippen LogP contribution in [0, 0.1) is 13.8 Å². The number of thiophene rings is 1. The summed E-state index contributed by atoms with van der Waals surface area (Å²) >= 11 is 1.72. The second-order valence-electron chi connectivity index (χ2n) is 6.91. The number of rotatable bonds is 6. The van der Waals surface area contributed by atoms with Gasteiger partial charge in [0.05, 0.1) is 11.5 Å². The lowest BCUT2D eigenvalue weighted by Gasteiger charge is -2.33. The van der Waals surface area contributed by atoms with Crippen molar-refractivity contribution < 1.29 is 4.74 Å². The Hall–Kier alpha value is -1.24. The van der Waals surface area contributed by atoms with Crippen molar-refractivity contribution in [3.8, 4) is 0 Å². The Morgan fingerprint density at radius 3 is 2.71 bits per heavy atom. The van der Waals surface area contributed by atoms with Gasteiger partial charge in [-0.05, 0) is 64.7 Å². The lowest BCUT2D eigenvalue weighted by Crippen LogP contribution is -2.38. The van der Waals surface area contributed by atoms with E-state index in [1.165, 1.54) is 10.9 Å². The van der Waals surface area contributed by atoms with E-state index in [9.17, 15) is 0 Å².